The number of fused-ring (bicyclic) bond motifs is 2. The maximum absolute atomic E-state index is 14.1. The Morgan fingerprint density at radius 2 is 1.20 bits per heavy atom. The third-order valence-electron chi connectivity index (χ3n) is 5.83. The first-order chi connectivity index (χ1) is 16.8. The van der Waals surface area contributed by atoms with Crippen molar-refractivity contribution in [3.63, 3.8) is 0 Å². The van der Waals surface area contributed by atoms with Crippen molar-refractivity contribution in [2.75, 3.05) is 5.01 Å². The summed E-state index contributed by atoms with van der Waals surface area (Å²) in [5.41, 5.74) is 1.71. The van der Waals surface area contributed by atoms with Gasteiger partial charge in [-0.05, 0) is 59.7 Å². The summed E-state index contributed by atoms with van der Waals surface area (Å²) >= 11 is 7.19. The average Bonchev–Trinajstić information content (AvgIpc) is 2.85. The largest absolute Gasteiger partial charge is 0.262 e. The molecular formula is C27H19Br2FN2O2S. The molecule has 0 heterocycles. The first-order valence-corrected chi connectivity index (χ1v) is 13.8. The molecule has 8 heteroatoms. The average molecular weight is 614 g/mol. The Balaban J connectivity index is 1.79. The van der Waals surface area contributed by atoms with Gasteiger partial charge in [-0.3, -0.25) is 5.01 Å². The van der Waals surface area contributed by atoms with Crippen LogP contribution in [-0.2, 0) is 10.0 Å². The molecule has 1 N–H and O–H groups in total. The predicted molar refractivity (Wildman–Crippen MR) is 147 cm³/mol. The molecule has 0 saturated carbocycles. The Morgan fingerprint density at radius 3 is 1.71 bits per heavy atom. The van der Waals surface area contributed by atoms with E-state index < -0.39 is 15.8 Å². The molecule has 0 bridgehead atoms. The van der Waals surface area contributed by atoms with Crippen molar-refractivity contribution in [1.82, 2.24) is 4.83 Å². The van der Waals surface area contributed by atoms with Gasteiger partial charge in [0.05, 0.1) is 16.3 Å². The van der Waals surface area contributed by atoms with Crippen LogP contribution in [0.1, 0.15) is 5.56 Å². The Kier molecular flexibility index (Phi) is 6.40. The fourth-order valence-corrected chi connectivity index (χ4v) is 6.39. The van der Waals surface area contributed by atoms with Crippen molar-refractivity contribution in [2.24, 2.45) is 0 Å². The van der Waals surface area contributed by atoms with Gasteiger partial charge in [0.15, 0.2) is 0 Å². The summed E-state index contributed by atoms with van der Waals surface area (Å²) in [5, 5.41) is 5.10. The number of anilines is 2. The van der Waals surface area contributed by atoms with Crippen molar-refractivity contribution in [1.29, 1.82) is 0 Å². The Labute approximate surface area is 219 Å². The first kappa shape index (κ1) is 23.9. The minimum atomic E-state index is -4.15. The van der Waals surface area contributed by atoms with Crippen LogP contribution in [0.3, 0.4) is 0 Å². The second-order valence-electron chi connectivity index (χ2n) is 8.06. The van der Waals surface area contributed by atoms with Gasteiger partial charge < -0.3 is 0 Å². The van der Waals surface area contributed by atoms with Crippen molar-refractivity contribution < 1.29 is 12.8 Å². The van der Waals surface area contributed by atoms with Gasteiger partial charge in [0.25, 0.3) is 10.0 Å². The van der Waals surface area contributed by atoms with E-state index in [0.29, 0.717) is 16.9 Å². The van der Waals surface area contributed by atoms with E-state index in [1.165, 1.54) is 12.1 Å². The van der Waals surface area contributed by atoms with Crippen LogP contribution in [0.5, 0.6) is 0 Å². The molecule has 0 aliphatic rings. The lowest BCUT2D eigenvalue weighted by atomic mass is 10.1. The predicted octanol–water partition coefficient (Wildman–Crippen LogP) is 8.00. The summed E-state index contributed by atoms with van der Waals surface area (Å²) in [7, 11) is -4.15. The van der Waals surface area contributed by atoms with Gasteiger partial charge in [0.1, 0.15) is 5.82 Å². The van der Waals surface area contributed by atoms with Crippen molar-refractivity contribution in [3.8, 4) is 0 Å². The zero-order valence-electron chi connectivity index (χ0n) is 18.5. The molecule has 0 aliphatic heterocycles. The zero-order chi connectivity index (χ0) is 24.7. The number of sulfonamides is 1. The number of hydrogen-bond donors (Lipinski definition) is 1. The lowest BCUT2D eigenvalue weighted by Gasteiger charge is -2.28. The molecule has 0 atom stereocenters. The molecule has 5 aromatic rings. The molecule has 176 valence electrons. The minimum Gasteiger partial charge on any atom is -0.262 e. The lowest BCUT2D eigenvalue weighted by Crippen LogP contribution is -2.39. The second-order valence-corrected chi connectivity index (χ2v) is 11.4. The Hall–Kier alpha value is -2.78. The smallest absolute Gasteiger partial charge is 0.258 e. The quantitative estimate of drug-likeness (QED) is 0.204. The van der Waals surface area contributed by atoms with Crippen LogP contribution in [-0.4, -0.2) is 8.42 Å². The Bertz CT molecular complexity index is 1620. The molecule has 35 heavy (non-hydrogen) atoms. The van der Waals surface area contributed by atoms with Crippen LogP contribution < -0.4 is 9.84 Å². The van der Waals surface area contributed by atoms with E-state index in [0.717, 1.165) is 36.6 Å². The number of hydrogen-bond acceptors (Lipinski definition) is 3. The van der Waals surface area contributed by atoms with Gasteiger partial charge in [-0.1, -0.05) is 86.5 Å². The van der Waals surface area contributed by atoms with Crippen LogP contribution in [0.4, 0.5) is 15.8 Å². The van der Waals surface area contributed by atoms with Crippen LogP contribution in [0, 0.1) is 12.7 Å². The molecule has 0 aliphatic carbocycles. The molecule has 4 nitrogen and oxygen atoms in total. The fourth-order valence-electron chi connectivity index (χ4n) is 4.14. The van der Waals surface area contributed by atoms with Gasteiger partial charge in [0.2, 0.25) is 0 Å². The highest BCUT2D eigenvalue weighted by Gasteiger charge is 2.25. The van der Waals surface area contributed by atoms with Gasteiger partial charge in [-0.25, -0.2) is 12.8 Å². The van der Waals surface area contributed by atoms with E-state index in [2.05, 4.69) is 36.7 Å². The van der Waals surface area contributed by atoms with Gasteiger partial charge in [-0.15, -0.1) is 4.83 Å². The molecule has 0 fully saturated rings. The van der Waals surface area contributed by atoms with Crippen molar-refractivity contribution >= 4 is 74.8 Å². The fraction of sp³-hybridized carbons (Fsp3) is 0.0370. The highest BCUT2D eigenvalue weighted by Crippen LogP contribution is 2.39. The van der Waals surface area contributed by atoms with E-state index in [1.807, 2.05) is 72.8 Å². The summed E-state index contributed by atoms with van der Waals surface area (Å²) in [6.07, 6.45) is 0. The summed E-state index contributed by atoms with van der Waals surface area (Å²) in [6.45, 7) is 1.64. The van der Waals surface area contributed by atoms with E-state index in [9.17, 15) is 12.8 Å². The topological polar surface area (TPSA) is 49.4 Å². The zero-order valence-corrected chi connectivity index (χ0v) is 22.5. The van der Waals surface area contributed by atoms with E-state index in [4.69, 9.17) is 0 Å². The molecule has 0 saturated heterocycles. The number of rotatable bonds is 5. The normalized spacial score (nSPS) is 11.8. The summed E-state index contributed by atoms with van der Waals surface area (Å²) in [5.74, 6) is -0.620. The highest BCUT2D eigenvalue weighted by molar-refractivity contribution is 9.11. The van der Waals surface area contributed by atoms with E-state index in [1.54, 1.807) is 11.9 Å². The summed E-state index contributed by atoms with van der Waals surface area (Å²) < 4.78 is 43.1. The maximum Gasteiger partial charge on any atom is 0.258 e. The number of aryl methyl sites for hydroxylation is 1. The van der Waals surface area contributed by atoms with Crippen LogP contribution in [0.2, 0.25) is 0 Å². The molecule has 0 aromatic heterocycles. The number of nitrogens with zero attached hydrogens (tertiary/aromatic N) is 1. The molecule has 0 unspecified atom stereocenters. The van der Waals surface area contributed by atoms with E-state index >= 15 is 0 Å². The molecule has 5 rings (SSSR count). The number of halogens is 3. The summed E-state index contributed by atoms with van der Waals surface area (Å²) in [6, 6.07) is 26.7. The number of hydrazine groups is 1. The van der Waals surface area contributed by atoms with Gasteiger partial charge in [0, 0.05) is 19.7 Å². The van der Waals surface area contributed by atoms with E-state index in [-0.39, 0.29) is 4.90 Å². The molecule has 5 aromatic carbocycles. The first-order valence-electron chi connectivity index (χ1n) is 10.7. The van der Waals surface area contributed by atoms with Crippen LogP contribution in [0.25, 0.3) is 21.5 Å². The minimum absolute atomic E-state index is 0.120. The highest BCUT2D eigenvalue weighted by atomic mass is 79.9. The monoisotopic (exact) mass is 612 g/mol. The summed E-state index contributed by atoms with van der Waals surface area (Å²) in [4.78, 5) is 2.62. The molecule has 0 amide bonds. The lowest BCUT2D eigenvalue weighted by molar-refractivity contribution is 0.578. The number of benzene rings is 5. The van der Waals surface area contributed by atoms with Crippen molar-refractivity contribution in [3.05, 3.63) is 111 Å². The van der Waals surface area contributed by atoms with Crippen LogP contribution in [0.15, 0.2) is 105 Å². The number of nitrogens with one attached hydrogen (secondary N) is 1. The van der Waals surface area contributed by atoms with Crippen LogP contribution >= 0.6 is 31.9 Å². The SMILES string of the molecule is Cc1ccc(F)cc1S(=O)(=O)NN(c1ccc(Br)c2ccccc12)c1ccc(Br)c2ccccc12. The van der Waals surface area contributed by atoms with Gasteiger partial charge >= 0.3 is 0 Å². The maximum atomic E-state index is 14.1. The molecular weight excluding hydrogens is 595 g/mol. The van der Waals surface area contributed by atoms with Crippen molar-refractivity contribution in [2.45, 2.75) is 11.8 Å². The molecule has 0 spiro atoms. The third kappa shape index (κ3) is 4.47. The molecule has 0 radical (unpaired) electrons. The second kappa shape index (κ2) is 9.35. The van der Waals surface area contributed by atoms with Gasteiger partial charge in [-0.2, -0.15) is 0 Å². The Morgan fingerprint density at radius 1 is 0.714 bits per heavy atom. The third-order valence-corrected chi connectivity index (χ3v) is 8.65. The standard InChI is InChI=1S/C27H19Br2FN2O2S/c1-17-10-11-18(30)16-27(17)35(33,34)31-32(25-14-12-23(28)19-6-2-4-8-21(19)25)26-15-13-24(29)20-7-3-5-9-22(20)26/h2-16,31H,1H3.